The van der Waals surface area contributed by atoms with Crippen molar-refractivity contribution in [3.05, 3.63) is 83.4 Å². The average Bonchev–Trinajstić information content (AvgIpc) is 3.86. The highest BCUT2D eigenvalue weighted by Crippen LogP contribution is 2.39. The lowest BCUT2D eigenvalue weighted by Crippen LogP contribution is -2.46. The first kappa shape index (κ1) is 46.8. The summed E-state index contributed by atoms with van der Waals surface area (Å²) in [7, 11) is 3.00. The Bertz CT molecular complexity index is 2570. The van der Waals surface area contributed by atoms with Crippen LogP contribution in [-0.4, -0.2) is 102 Å². The number of likely N-dealkylation sites (tertiary alicyclic amines) is 2. The number of anilines is 2. The summed E-state index contributed by atoms with van der Waals surface area (Å²) in [6, 6.07) is 8.92. The van der Waals surface area contributed by atoms with Crippen LogP contribution in [0, 0.1) is 0 Å². The van der Waals surface area contributed by atoms with E-state index in [1.54, 1.807) is 0 Å². The first-order valence-corrected chi connectivity index (χ1v) is 20.6. The van der Waals surface area contributed by atoms with E-state index in [1.807, 2.05) is 0 Å². The molecule has 63 heavy (non-hydrogen) atoms. The van der Waals surface area contributed by atoms with Gasteiger partial charge in [-0.1, -0.05) is 46.9 Å². The molecule has 16 nitrogen and oxygen atoms in total. The fourth-order valence-electron chi connectivity index (χ4n) is 6.69. The van der Waals surface area contributed by atoms with Gasteiger partial charge >= 0.3 is 23.8 Å². The van der Waals surface area contributed by atoms with Gasteiger partial charge in [0.15, 0.2) is 31.0 Å². The van der Waals surface area contributed by atoms with E-state index in [4.69, 9.17) is 26.8 Å². The minimum Gasteiger partial charge on any atom is -0.479 e. The number of rotatable bonds is 5. The van der Waals surface area contributed by atoms with E-state index in [0.29, 0.717) is 37.9 Å². The molecule has 336 valence electrons. The topological polar surface area (TPSA) is 215 Å². The maximum absolute atomic E-state index is 13.0. The van der Waals surface area contributed by atoms with Crippen LogP contribution in [0.15, 0.2) is 61.2 Å². The van der Waals surface area contributed by atoms with Crippen LogP contribution < -0.4 is 20.5 Å². The summed E-state index contributed by atoms with van der Waals surface area (Å²) in [6.45, 7) is 0.781. The van der Waals surface area contributed by atoms with E-state index in [1.165, 1.54) is 72.3 Å². The lowest BCUT2D eigenvalue weighted by molar-refractivity contribution is -0.138. The number of fused-ring (bicyclic) bond motifs is 2. The summed E-state index contributed by atoms with van der Waals surface area (Å²) < 4.78 is 87.1. The molecule has 25 heteroatoms. The zero-order valence-electron chi connectivity index (χ0n) is 33.1. The van der Waals surface area contributed by atoms with Crippen LogP contribution in [0.1, 0.15) is 47.9 Å². The number of carbonyl (C=O) groups excluding carboxylic acids is 2. The largest absolute Gasteiger partial charge is 0.479 e. The van der Waals surface area contributed by atoms with Crippen LogP contribution >= 0.6 is 34.3 Å². The number of ether oxygens (including phenoxy) is 2. The zero-order valence-corrected chi connectivity index (χ0v) is 35.5. The number of hydrogen-bond acceptors (Lipinski definition) is 15. The van der Waals surface area contributed by atoms with E-state index >= 15 is 0 Å². The van der Waals surface area contributed by atoms with E-state index in [-0.39, 0.29) is 63.0 Å². The Morgan fingerprint density at radius 1 is 0.730 bits per heavy atom. The summed E-state index contributed by atoms with van der Waals surface area (Å²) in [5.41, 5.74) is 2.57. The number of urea groups is 1. The second kappa shape index (κ2) is 19.0. The molecule has 2 saturated heterocycles. The lowest BCUT2D eigenvalue weighted by atomic mass is 9.84. The van der Waals surface area contributed by atoms with Crippen molar-refractivity contribution in [1.29, 1.82) is 0 Å². The van der Waals surface area contributed by atoms with Gasteiger partial charge in [0.25, 0.3) is 0 Å². The molecule has 0 saturated carbocycles. The lowest BCUT2D eigenvalue weighted by Gasteiger charge is -2.38. The standard InChI is InChI=1S/C19H18F3N5O3S.C13H13ClF3NO2.C6H6N4OS/c1-30-14-13-15(24-10-23-14)31-16(25-13)26-17(28)27-7-5-18(29,6-8-27)11-3-2-4-12(9-11)19(20,21)22;14-11(19)18-6-4-12(20,5-7-18)9-2-1-3-10(8-9)13(15,16)17;1-11-4-3-5(9-2-8-4)12-6(7)10-3/h2-4,9-10,29H,5-8H2,1H3,(H,25,26,28);1-3,8,20H,4-7H2;2H,1H3,(H2,7,10). The number of nitrogens with zero attached hydrogens (tertiary/aromatic N) is 8. The van der Waals surface area contributed by atoms with Crippen molar-refractivity contribution in [2.75, 3.05) is 51.4 Å². The Balaban J connectivity index is 0.000000175. The van der Waals surface area contributed by atoms with Gasteiger partial charge < -0.3 is 35.2 Å². The molecular formula is C38H37ClF6N10O6S2. The van der Waals surface area contributed by atoms with E-state index in [0.717, 1.165) is 40.4 Å². The van der Waals surface area contributed by atoms with Crippen molar-refractivity contribution < 1.29 is 55.6 Å². The number of amides is 3. The van der Waals surface area contributed by atoms with Gasteiger partial charge in [-0.2, -0.15) is 36.3 Å². The molecule has 0 aliphatic carbocycles. The second-order valence-electron chi connectivity index (χ2n) is 14.0. The number of hydrogen-bond donors (Lipinski definition) is 4. The van der Waals surface area contributed by atoms with E-state index in [9.17, 15) is 46.1 Å². The third kappa shape index (κ3) is 11.1. The minimum atomic E-state index is -4.49. The Morgan fingerprint density at radius 2 is 1.17 bits per heavy atom. The smallest absolute Gasteiger partial charge is 0.416 e. The molecule has 6 aromatic rings. The highest BCUT2D eigenvalue weighted by molar-refractivity contribution is 7.22. The van der Waals surface area contributed by atoms with E-state index < -0.39 is 46.1 Å². The summed E-state index contributed by atoms with van der Waals surface area (Å²) in [6.07, 6.45) is -5.62. The molecule has 0 atom stereocenters. The Kier molecular flexibility index (Phi) is 14.1. The summed E-state index contributed by atoms with van der Waals surface area (Å²) in [4.78, 5) is 52.0. The normalized spacial score (nSPS) is 16.0. The molecule has 2 fully saturated rings. The number of nitrogens with two attached hydrogens (primary N) is 1. The number of methoxy groups -OCH3 is 2. The van der Waals surface area contributed by atoms with Gasteiger partial charge in [-0.25, -0.2) is 24.7 Å². The van der Waals surface area contributed by atoms with Crippen molar-refractivity contribution >= 4 is 76.6 Å². The number of alkyl halides is 6. The molecule has 4 aromatic heterocycles. The van der Waals surface area contributed by atoms with Gasteiger partial charge in [0.05, 0.1) is 36.5 Å². The minimum absolute atomic E-state index is 0.112. The number of aliphatic hydroxyl groups is 2. The fourth-order valence-corrected chi connectivity index (χ4v) is 8.31. The number of carbonyl (C=O) groups is 2. The van der Waals surface area contributed by atoms with E-state index in [2.05, 4.69) is 35.2 Å². The molecular weight excluding hydrogens is 906 g/mol. The highest BCUT2D eigenvalue weighted by Gasteiger charge is 2.39. The molecule has 0 unspecified atom stereocenters. The second-order valence-corrected chi connectivity index (χ2v) is 16.3. The Labute approximate surface area is 366 Å². The quantitative estimate of drug-likeness (QED) is 0.0743. The fraction of sp³-hybridized carbons (Fsp3) is 0.368. The number of benzene rings is 2. The highest BCUT2D eigenvalue weighted by atomic mass is 35.5. The first-order valence-electron chi connectivity index (χ1n) is 18.6. The molecule has 8 rings (SSSR count). The molecule has 0 radical (unpaired) electrons. The molecule has 0 spiro atoms. The predicted octanol–water partition coefficient (Wildman–Crippen LogP) is 7.65. The van der Waals surface area contributed by atoms with Gasteiger partial charge in [0, 0.05) is 26.2 Å². The van der Waals surface area contributed by atoms with Crippen LogP contribution in [0.25, 0.3) is 20.7 Å². The van der Waals surface area contributed by atoms with Crippen molar-refractivity contribution in [2.45, 2.75) is 49.2 Å². The van der Waals surface area contributed by atoms with Crippen LogP contribution in [-0.2, 0) is 23.6 Å². The maximum Gasteiger partial charge on any atom is 0.416 e. The van der Waals surface area contributed by atoms with Crippen molar-refractivity contribution in [3.63, 3.8) is 0 Å². The monoisotopic (exact) mass is 942 g/mol. The molecule has 0 bridgehead atoms. The Morgan fingerprint density at radius 3 is 1.62 bits per heavy atom. The number of halogens is 7. The number of thiazole rings is 2. The van der Waals surface area contributed by atoms with Gasteiger partial charge in [0.1, 0.15) is 12.7 Å². The van der Waals surface area contributed by atoms with Crippen LogP contribution in [0.4, 0.5) is 46.2 Å². The summed E-state index contributed by atoms with van der Waals surface area (Å²) >= 11 is 7.82. The third-order valence-corrected chi connectivity index (χ3v) is 12.0. The third-order valence-electron chi connectivity index (χ3n) is 10.1. The number of piperidine rings is 2. The predicted molar refractivity (Wildman–Crippen MR) is 220 cm³/mol. The number of aromatic nitrogens is 6. The molecule has 2 aliphatic rings. The maximum atomic E-state index is 13.0. The molecule has 3 amide bonds. The SMILES string of the molecule is COc1ncnc2sc(N)nc12.COc1ncnc2sc(NC(=O)N3CCC(O)(c4cccc(C(F)(F)F)c4)CC3)nc12.O=C(Cl)N1CCC(O)(c2cccc(C(F)(F)F)c2)CC1. The van der Waals surface area contributed by atoms with Gasteiger partial charge in [-0.05, 0) is 72.7 Å². The molecule has 2 aliphatic heterocycles. The van der Waals surface area contributed by atoms with Gasteiger partial charge in [0.2, 0.25) is 11.8 Å². The van der Waals surface area contributed by atoms with Crippen molar-refractivity contribution in [2.24, 2.45) is 0 Å². The van der Waals surface area contributed by atoms with Crippen LogP contribution in [0.2, 0.25) is 0 Å². The zero-order chi connectivity index (χ0) is 45.7. The molecule has 6 heterocycles. The van der Waals surface area contributed by atoms with Crippen molar-refractivity contribution in [3.8, 4) is 11.8 Å². The summed E-state index contributed by atoms with van der Waals surface area (Å²) in [5, 5.41) is 24.3. The van der Waals surface area contributed by atoms with Gasteiger partial charge in [-0.3, -0.25) is 10.1 Å². The molecule has 5 N–H and O–H groups in total. The first-order chi connectivity index (χ1) is 29.7. The number of nitrogen functional groups attached to an aromatic ring is 1. The van der Waals surface area contributed by atoms with Gasteiger partial charge in [-0.15, -0.1) is 0 Å². The molecule has 2 aromatic carbocycles. The van der Waals surface area contributed by atoms with Crippen molar-refractivity contribution in [1.82, 2.24) is 39.7 Å². The van der Waals surface area contributed by atoms with Crippen LogP contribution in [0.5, 0.6) is 11.8 Å². The Hall–Kier alpha value is -5.69. The van der Waals surface area contributed by atoms with Crippen LogP contribution in [0.3, 0.4) is 0 Å². The average molecular weight is 943 g/mol. The number of nitrogens with one attached hydrogen (secondary N) is 1. The summed E-state index contributed by atoms with van der Waals surface area (Å²) in [5.74, 6) is 0.763.